The maximum absolute atomic E-state index is 17.6. The van der Waals surface area contributed by atoms with Crippen LogP contribution in [-0.4, -0.2) is 106 Å². The molecule has 12 nitrogen and oxygen atoms in total. The Bertz CT molecular complexity index is 2680. The number of alkyl carbamates (subject to hydrolysis) is 1. The van der Waals surface area contributed by atoms with Crippen LogP contribution in [0.3, 0.4) is 0 Å². The fourth-order valence-electron chi connectivity index (χ4n) is 10.3. The Morgan fingerprint density at radius 1 is 1.02 bits per heavy atom. The summed E-state index contributed by atoms with van der Waals surface area (Å²) in [5.41, 5.74) is -2.23. The van der Waals surface area contributed by atoms with Crippen LogP contribution in [0, 0.1) is 11.6 Å². The molecule has 0 spiro atoms. The molecule has 11 rings (SSSR count). The van der Waals surface area contributed by atoms with Crippen molar-refractivity contribution in [2.75, 3.05) is 50.8 Å². The number of amides is 2. The van der Waals surface area contributed by atoms with Gasteiger partial charge in [0.05, 0.1) is 36.2 Å². The smallest absolute Gasteiger partial charge is 0.415 e. The van der Waals surface area contributed by atoms with E-state index in [0.717, 1.165) is 11.3 Å². The van der Waals surface area contributed by atoms with Gasteiger partial charge in [0.1, 0.15) is 47.5 Å². The lowest BCUT2D eigenvalue weighted by molar-refractivity contribution is -0.0453. The maximum Gasteiger partial charge on any atom is 0.415 e. The molecule has 3 saturated heterocycles. The number of piperidine rings is 1. The van der Waals surface area contributed by atoms with Gasteiger partial charge in [0, 0.05) is 49.8 Å². The molecule has 6 bridgehead atoms. The van der Waals surface area contributed by atoms with Gasteiger partial charge in [0.25, 0.3) is 5.92 Å². The molecule has 0 radical (unpaired) electrons. The number of carbonyl (C=O) groups is 2. The first-order valence-corrected chi connectivity index (χ1v) is 21.1. The predicted octanol–water partition coefficient (Wildman–Crippen LogP) is 8.16. The van der Waals surface area contributed by atoms with Crippen LogP contribution in [0.4, 0.5) is 41.7 Å². The Hall–Kier alpha value is -5.91. The second-order valence-corrected chi connectivity index (χ2v) is 17.7. The van der Waals surface area contributed by atoms with Crippen molar-refractivity contribution in [3.05, 3.63) is 83.1 Å². The van der Waals surface area contributed by atoms with Crippen LogP contribution >= 0.6 is 0 Å². The number of rotatable bonds is 4. The zero-order valence-corrected chi connectivity index (χ0v) is 34.2. The number of hydrogen-bond donors (Lipinski definition) is 1. The molecule has 8 heterocycles. The standard InChI is InChI=1S/C45H43F6N7O5/c1-43-16-27(46)20-56(22-43)39-32-18-52-37(36(49)38(32)53-40(54-39)62-24-44-11-5-12-58(44)21-28(47)17-44)31-15-29(63-42(60)57-19-26-6-2-3-8-33(26)45(50,51)23-57)14-25-9-10-34(48)30(35(25)31)7-4-13-61-41(59)55-43/h2-3,6,8-10,14-15,18,27-28H,4-5,7,11-13,16-17,19-24H2,1H3,(H,55,59)/t27-,28-,43-,44+/m1/s1. The van der Waals surface area contributed by atoms with Gasteiger partial charge in [-0.3, -0.25) is 14.8 Å². The van der Waals surface area contributed by atoms with Crippen LogP contribution in [-0.2, 0) is 23.6 Å². The highest BCUT2D eigenvalue weighted by molar-refractivity contribution is 6.02. The number of carbonyl (C=O) groups excluding carboxylic acids is 2. The summed E-state index contributed by atoms with van der Waals surface area (Å²) in [7, 11) is 0. The normalized spacial score (nSPS) is 25.7. The van der Waals surface area contributed by atoms with E-state index in [-0.39, 0.29) is 127 Å². The van der Waals surface area contributed by atoms with Gasteiger partial charge in [0.15, 0.2) is 5.82 Å². The monoisotopic (exact) mass is 875 g/mol. The average Bonchev–Trinajstić information content (AvgIpc) is 3.76. The summed E-state index contributed by atoms with van der Waals surface area (Å²) >= 11 is 0. The molecule has 6 aliphatic heterocycles. The number of aromatic nitrogens is 3. The van der Waals surface area contributed by atoms with Crippen molar-refractivity contribution in [1.29, 1.82) is 0 Å². The number of anilines is 1. The van der Waals surface area contributed by atoms with Crippen molar-refractivity contribution in [2.24, 2.45) is 0 Å². The topological polar surface area (TPSA) is 122 Å². The summed E-state index contributed by atoms with van der Waals surface area (Å²) < 4.78 is 112. The summed E-state index contributed by atoms with van der Waals surface area (Å²) in [6.45, 7) is 1.22. The highest BCUT2D eigenvalue weighted by Crippen LogP contribution is 2.43. The summed E-state index contributed by atoms with van der Waals surface area (Å²) in [5.74, 6) is -5.10. The quantitative estimate of drug-likeness (QED) is 0.177. The Morgan fingerprint density at radius 2 is 1.84 bits per heavy atom. The van der Waals surface area contributed by atoms with Crippen molar-refractivity contribution < 1.29 is 50.1 Å². The van der Waals surface area contributed by atoms with E-state index in [9.17, 15) is 14.0 Å². The summed E-state index contributed by atoms with van der Waals surface area (Å²) in [4.78, 5) is 45.0. The highest BCUT2D eigenvalue weighted by atomic mass is 19.3. The molecular formula is C45H43F6N7O5. The van der Waals surface area contributed by atoms with Gasteiger partial charge in [0.2, 0.25) is 0 Å². The van der Waals surface area contributed by atoms with Crippen LogP contribution in [0.2, 0.25) is 0 Å². The second-order valence-electron chi connectivity index (χ2n) is 17.7. The molecule has 4 atom stereocenters. The third kappa shape index (κ3) is 7.48. The number of nitrogens with one attached hydrogen (secondary N) is 1. The second kappa shape index (κ2) is 15.4. The van der Waals surface area contributed by atoms with E-state index >= 15 is 22.0 Å². The number of hydrogen-bond acceptors (Lipinski definition) is 10. The largest absolute Gasteiger partial charge is 0.461 e. The van der Waals surface area contributed by atoms with Gasteiger partial charge < -0.3 is 24.4 Å². The van der Waals surface area contributed by atoms with Gasteiger partial charge in [-0.15, -0.1) is 0 Å². The Labute approximate surface area is 357 Å². The minimum absolute atomic E-state index is 0.000465. The third-order valence-electron chi connectivity index (χ3n) is 13.0. The number of fused-ring (bicyclic) bond motifs is 8. The van der Waals surface area contributed by atoms with E-state index < -0.39 is 59.7 Å². The van der Waals surface area contributed by atoms with E-state index in [0.29, 0.717) is 18.4 Å². The zero-order valence-electron chi connectivity index (χ0n) is 34.2. The molecule has 2 amide bonds. The zero-order chi connectivity index (χ0) is 43.8. The minimum atomic E-state index is -3.36. The van der Waals surface area contributed by atoms with Crippen molar-refractivity contribution in [2.45, 2.75) is 81.3 Å². The van der Waals surface area contributed by atoms with Crippen molar-refractivity contribution >= 4 is 39.7 Å². The molecule has 63 heavy (non-hydrogen) atoms. The Balaban J connectivity index is 1.11. The predicted molar refractivity (Wildman–Crippen MR) is 218 cm³/mol. The summed E-state index contributed by atoms with van der Waals surface area (Å²) in [6.07, 6.45) is -1.29. The minimum Gasteiger partial charge on any atom is -0.461 e. The van der Waals surface area contributed by atoms with Crippen LogP contribution in [0.25, 0.3) is 32.9 Å². The van der Waals surface area contributed by atoms with E-state index in [1.54, 1.807) is 17.9 Å². The average molecular weight is 876 g/mol. The lowest BCUT2D eigenvalue weighted by atomic mass is 9.90. The molecule has 1 N–H and O–H groups in total. The first-order valence-electron chi connectivity index (χ1n) is 21.1. The summed E-state index contributed by atoms with van der Waals surface area (Å²) in [6, 6.07) is 11.0. The van der Waals surface area contributed by atoms with Crippen molar-refractivity contribution in [3.63, 3.8) is 0 Å². The molecular weight excluding hydrogens is 833 g/mol. The summed E-state index contributed by atoms with van der Waals surface area (Å²) in [5, 5.41) is 3.36. The van der Waals surface area contributed by atoms with Gasteiger partial charge in [-0.2, -0.15) is 18.7 Å². The van der Waals surface area contributed by atoms with Gasteiger partial charge >= 0.3 is 18.2 Å². The van der Waals surface area contributed by atoms with Crippen LogP contribution < -0.4 is 19.7 Å². The fourth-order valence-corrected chi connectivity index (χ4v) is 10.3. The maximum atomic E-state index is 17.6. The molecule has 0 unspecified atom stereocenters. The van der Waals surface area contributed by atoms with Crippen LogP contribution in [0.5, 0.6) is 11.8 Å². The van der Waals surface area contributed by atoms with Gasteiger partial charge in [-0.25, -0.2) is 27.2 Å². The number of aryl methyl sites for hydroxylation is 1. The molecule has 0 aliphatic carbocycles. The third-order valence-corrected chi connectivity index (χ3v) is 13.0. The molecule has 18 heteroatoms. The van der Waals surface area contributed by atoms with Gasteiger partial charge in [-0.1, -0.05) is 30.3 Å². The molecule has 5 aromatic rings. The SMILES string of the molecule is C[C@@]12C[C@@H](F)CN(C1)c1nc(OC[C@@]34CCCN3C[C@H](F)C4)nc3c(F)c(ncc13)-c1cc(OC(=O)N3Cc4ccccc4C(F)(F)C3)cc3ccc(F)c(c13)CCCOC(=O)N2. The molecule has 330 valence electrons. The van der Waals surface area contributed by atoms with E-state index in [1.165, 1.54) is 48.7 Å². The fraction of sp³-hybridized carbons (Fsp3) is 0.444. The highest BCUT2D eigenvalue weighted by Gasteiger charge is 2.50. The molecule has 6 aliphatic rings. The van der Waals surface area contributed by atoms with Crippen molar-refractivity contribution in [1.82, 2.24) is 30.1 Å². The Kier molecular flexibility index (Phi) is 10.1. The number of ether oxygens (including phenoxy) is 3. The molecule has 3 fully saturated rings. The van der Waals surface area contributed by atoms with Crippen LogP contribution in [0.15, 0.2) is 54.7 Å². The number of pyridine rings is 1. The first-order chi connectivity index (χ1) is 30.2. The van der Waals surface area contributed by atoms with Crippen LogP contribution in [0.1, 0.15) is 55.7 Å². The molecule has 2 aromatic heterocycles. The molecule has 0 saturated carbocycles. The number of alkyl halides is 4. The van der Waals surface area contributed by atoms with Crippen molar-refractivity contribution in [3.8, 4) is 23.0 Å². The Morgan fingerprint density at radius 3 is 2.70 bits per heavy atom. The number of benzene rings is 3. The lowest BCUT2D eigenvalue weighted by Gasteiger charge is -2.42. The molecule has 3 aromatic carbocycles. The first kappa shape index (κ1) is 41.1. The number of halogens is 6. The number of nitrogens with zero attached hydrogens (tertiary/aromatic N) is 6. The van der Waals surface area contributed by atoms with Gasteiger partial charge in [-0.05, 0) is 79.3 Å². The lowest BCUT2D eigenvalue weighted by Crippen LogP contribution is -2.60. The van der Waals surface area contributed by atoms with E-state index in [2.05, 4.69) is 20.3 Å². The van der Waals surface area contributed by atoms with E-state index in [4.69, 9.17) is 14.2 Å². The van der Waals surface area contributed by atoms with E-state index in [1.807, 2.05) is 4.90 Å².